The minimum Gasteiger partial charge on any atom is -0.497 e. The molecule has 0 saturated carbocycles. The molecule has 1 aromatic carbocycles. The number of thioether (sulfide) groups is 1. The fourth-order valence-electron chi connectivity index (χ4n) is 5.00. The van der Waals surface area contributed by atoms with Gasteiger partial charge in [-0.1, -0.05) is 11.8 Å². The van der Waals surface area contributed by atoms with Crippen molar-refractivity contribution in [2.75, 3.05) is 41.0 Å². The highest BCUT2D eigenvalue weighted by Gasteiger charge is 2.43. The van der Waals surface area contributed by atoms with Gasteiger partial charge in [-0.15, -0.1) is 0 Å². The number of rotatable bonds is 8. The zero-order valence-electron chi connectivity index (χ0n) is 22.3. The van der Waals surface area contributed by atoms with Crippen LogP contribution in [-0.4, -0.2) is 73.8 Å². The third-order valence-electron chi connectivity index (χ3n) is 6.87. The molecule has 1 fully saturated rings. The minimum absolute atomic E-state index is 0.0873. The number of hydrogen-bond donors (Lipinski definition) is 0. The summed E-state index contributed by atoms with van der Waals surface area (Å²) in [6.07, 6.45) is 1.53. The van der Waals surface area contributed by atoms with Crippen LogP contribution in [0.25, 0.3) is 0 Å². The minimum atomic E-state index is -0.626. The number of amidine groups is 1. The van der Waals surface area contributed by atoms with Gasteiger partial charge in [0.1, 0.15) is 11.5 Å². The van der Waals surface area contributed by atoms with E-state index in [1.807, 2.05) is 16.4 Å². The molecule has 0 spiro atoms. The Balaban J connectivity index is 1.65. The molecule has 3 aliphatic heterocycles. The highest BCUT2D eigenvalue weighted by molar-refractivity contribution is 8.16. The van der Waals surface area contributed by atoms with Gasteiger partial charge in [0, 0.05) is 30.4 Å². The van der Waals surface area contributed by atoms with E-state index < -0.39 is 12.0 Å². The molecule has 3 aliphatic rings. The summed E-state index contributed by atoms with van der Waals surface area (Å²) >= 11 is 1.40. The maximum Gasteiger partial charge on any atom is 0.338 e. The Morgan fingerprint density at radius 3 is 2.63 bits per heavy atom. The number of piperidine rings is 1. The van der Waals surface area contributed by atoms with E-state index in [9.17, 15) is 14.4 Å². The van der Waals surface area contributed by atoms with Gasteiger partial charge >= 0.3 is 11.9 Å². The van der Waals surface area contributed by atoms with Crippen molar-refractivity contribution in [1.82, 2.24) is 9.80 Å². The van der Waals surface area contributed by atoms with Gasteiger partial charge in [0.15, 0.2) is 5.17 Å². The zero-order valence-corrected chi connectivity index (χ0v) is 23.1. The predicted octanol–water partition coefficient (Wildman–Crippen LogP) is 3.64. The van der Waals surface area contributed by atoms with Gasteiger partial charge in [0.05, 0.1) is 57.6 Å². The van der Waals surface area contributed by atoms with Gasteiger partial charge < -0.3 is 28.7 Å². The van der Waals surface area contributed by atoms with Crippen LogP contribution < -0.4 is 9.47 Å². The lowest BCUT2D eigenvalue weighted by atomic mass is 9.92. The van der Waals surface area contributed by atoms with Crippen LogP contribution in [0.4, 0.5) is 0 Å². The largest absolute Gasteiger partial charge is 0.497 e. The van der Waals surface area contributed by atoms with E-state index in [-0.39, 0.29) is 24.2 Å². The van der Waals surface area contributed by atoms with Crippen LogP contribution in [-0.2, 0) is 23.9 Å². The second-order valence-corrected chi connectivity index (χ2v) is 9.94. The number of esters is 2. The van der Waals surface area contributed by atoms with E-state index in [4.69, 9.17) is 18.9 Å². The number of carbonyl (C=O) groups is 3. The van der Waals surface area contributed by atoms with E-state index in [1.165, 1.54) is 18.9 Å². The van der Waals surface area contributed by atoms with E-state index in [2.05, 4.69) is 4.99 Å². The quantitative estimate of drug-likeness (QED) is 0.454. The summed E-state index contributed by atoms with van der Waals surface area (Å²) in [6.45, 7) is 4.78. The molecule has 0 unspecified atom stereocenters. The first-order valence-electron chi connectivity index (χ1n) is 12.5. The number of aliphatic imine (C=N–C) groups is 1. The number of ether oxygens (including phenoxy) is 4. The lowest BCUT2D eigenvalue weighted by molar-refractivity contribution is -0.151. The molecule has 204 valence electrons. The Morgan fingerprint density at radius 1 is 1.16 bits per heavy atom. The molecule has 0 aromatic heterocycles. The van der Waals surface area contributed by atoms with E-state index >= 15 is 0 Å². The molecule has 10 nitrogen and oxygen atoms in total. The first-order chi connectivity index (χ1) is 18.3. The molecule has 3 heterocycles. The van der Waals surface area contributed by atoms with Crippen molar-refractivity contribution >= 4 is 34.8 Å². The highest BCUT2D eigenvalue weighted by Crippen LogP contribution is 2.47. The Labute approximate surface area is 226 Å². The number of allylic oxidation sites excluding steroid dienone is 1. The van der Waals surface area contributed by atoms with Crippen molar-refractivity contribution in [2.24, 2.45) is 10.9 Å². The maximum atomic E-state index is 13.5. The molecule has 0 N–H and O–H groups in total. The fourth-order valence-corrected chi connectivity index (χ4v) is 5.97. The monoisotopic (exact) mass is 543 g/mol. The van der Waals surface area contributed by atoms with E-state index in [0.717, 1.165) is 6.42 Å². The molecule has 2 atom stereocenters. The fraction of sp³-hybridized carbons (Fsp3) is 0.481. The smallest absolute Gasteiger partial charge is 0.338 e. The second kappa shape index (κ2) is 11.9. The molecule has 11 heteroatoms. The molecule has 0 radical (unpaired) electrons. The van der Waals surface area contributed by atoms with Gasteiger partial charge in [-0.3, -0.25) is 9.59 Å². The molecular weight excluding hydrogens is 510 g/mol. The molecule has 1 amide bonds. The average Bonchev–Trinajstić information content (AvgIpc) is 3.33. The van der Waals surface area contributed by atoms with Crippen LogP contribution in [0.15, 0.2) is 45.6 Å². The molecular formula is C27H33N3O7S. The summed E-state index contributed by atoms with van der Waals surface area (Å²) in [7, 11) is 4.46. The van der Waals surface area contributed by atoms with Crippen LogP contribution in [0.2, 0.25) is 0 Å². The summed E-state index contributed by atoms with van der Waals surface area (Å²) in [5.41, 5.74) is 2.31. The summed E-state index contributed by atoms with van der Waals surface area (Å²) in [5.74, 6) is -0.0533. The predicted molar refractivity (Wildman–Crippen MR) is 143 cm³/mol. The van der Waals surface area contributed by atoms with E-state index in [0.29, 0.717) is 65.3 Å². The normalized spacial score (nSPS) is 20.9. The van der Waals surface area contributed by atoms with Crippen LogP contribution in [0.3, 0.4) is 0 Å². The number of hydrogen-bond acceptors (Lipinski definition) is 10. The number of fused-ring (bicyclic) bond motifs is 1. The van der Waals surface area contributed by atoms with Crippen molar-refractivity contribution < 1.29 is 33.3 Å². The molecule has 0 aliphatic carbocycles. The van der Waals surface area contributed by atoms with Crippen molar-refractivity contribution in [3.8, 4) is 11.5 Å². The number of benzene rings is 1. The SMILES string of the molecule is CCOC(=O)[C@H]1CCCN(C(=O)CC2=CSC3=NC(C)=C(C(=O)OC)[C@H](c4ccc(OC)cc4OC)N23)C1. The zero-order chi connectivity index (χ0) is 27.4. The summed E-state index contributed by atoms with van der Waals surface area (Å²) in [5, 5.41) is 2.55. The lowest BCUT2D eigenvalue weighted by Gasteiger charge is -2.37. The van der Waals surface area contributed by atoms with Gasteiger partial charge in [0.2, 0.25) is 5.91 Å². The molecule has 1 saturated heterocycles. The Kier molecular flexibility index (Phi) is 8.65. The van der Waals surface area contributed by atoms with Gasteiger partial charge in [-0.25, -0.2) is 9.79 Å². The number of methoxy groups -OCH3 is 3. The summed E-state index contributed by atoms with van der Waals surface area (Å²) in [6, 6.07) is 4.78. The topological polar surface area (TPSA) is 107 Å². The first-order valence-corrected chi connectivity index (χ1v) is 13.4. The summed E-state index contributed by atoms with van der Waals surface area (Å²) < 4.78 is 21.4. The molecule has 38 heavy (non-hydrogen) atoms. The van der Waals surface area contributed by atoms with Crippen LogP contribution in [0.1, 0.15) is 44.7 Å². The third kappa shape index (κ3) is 5.38. The Bertz CT molecular complexity index is 1210. The van der Waals surface area contributed by atoms with Crippen molar-refractivity contribution in [3.63, 3.8) is 0 Å². The Morgan fingerprint density at radius 2 is 1.95 bits per heavy atom. The van der Waals surface area contributed by atoms with Crippen molar-refractivity contribution in [2.45, 2.75) is 39.2 Å². The maximum absolute atomic E-state index is 13.5. The van der Waals surface area contributed by atoms with Crippen molar-refractivity contribution in [1.29, 1.82) is 0 Å². The third-order valence-corrected chi connectivity index (χ3v) is 7.76. The number of amides is 1. The van der Waals surface area contributed by atoms with Gasteiger partial charge in [-0.05, 0) is 44.2 Å². The van der Waals surface area contributed by atoms with Crippen molar-refractivity contribution in [3.05, 3.63) is 46.1 Å². The second-order valence-electron chi connectivity index (χ2n) is 9.10. The van der Waals surface area contributed by atoms with Crippen LogP contribution in [0.5, 0.6) is 11.5 Å². The first kappa shape index (κ1) is 27.6. The lowest BCUT2D eigenvalue weighted by Crippen LogP contribution is -2.44. The highest BCUT2D eigenvalue weighted by atomic mass is 32.2. The van der Waals surface area contributed by atoms with Crippen LogP contribution in [0, 0.1) is 5.92 Å². The van der Waals surface area contributed by atoms with Crippen LogP contribution >= 0.6 is 11.8 Å². The van der Waals surface area contributed by atoms with Gasteiger partial charge in [0.25, 0.3) is 0 Å². The number of carbonyl (C=O) groups excluding carboxylic acids is 3. The van der Waals surface area contributed by atoms with E-state index in [1.54, 1.807) is 45.1 Å². The average molecular weight is 544 g/mol. The molecule has 4 rings (SSSR count). The molecule has 1 aromatic rings. The number of likely N-dealkylation sites (tertiary alicyclic amines) is 1. The summed E-state index contributed by atoms with van der Waals surface area (Å²) in [4.78, 5) is 47.1. The Hall–Kier alpha value is -3.47. The standard InChI is InChI=1S/C27H33N3O7S/c1-6-37-25(32)17-8-7-11-29(14-17)22(31)12-18-15-38-27-28-16(2)23(26(33)36-5)24(30(18)27)20-10-9-19(34-3)13-21(20)35-4/h9-10,13,15,17,24H,6-8,11-12,14H2,1-5H3/t17-,24-/m0/s1. The molecule has 0 bridgehead atoms. The van der Waals surface area contributed by atoms with Gasteiger partial charge in [-0.2, -0.15) is 0 Å². The number of nitrogens with zero attached hydrogens (tertiary/aromatic N) is 3.